The van der Waals surface area contributed by atoms with Crippen LogP contribution in [0.2, 0.25) is 0 Å². The number of amides is 1. The van der Waals surface area contributed by atoms with E-state index in [1.807, 2.05) is 6.92 Å². The molecule has 0 spiro atoms. The number of aryl methyl sites for hydroxylation is 1. The van der Waals surface area contributed by atoms with Gasteiger partial charge in [-0.2, -0.15) is 0 Å². The molecule has 0 radical (unpaired) electrons. The molecule has 0 saturated heterocycles. The molecule has 2 heterocycles. The zero-order valence-corrected chi connectivity index (χ0v) is 21.0. The molecule has 2 aromatic heterocycles. The molecule has 184 valence electrons. The smallest absolute Gasteiger partial charge is 0.410 e. The lowest BCUT2D eigenvalue weighted by atomic mass is 10.00. The number of ketones is 1. The maximum atomic E-state index is 12.9. The van der Waals surface area contributed by atoms with Crippen molar-refractivity contribution in [3.63, 3.8) is 0 Å². The number of nitrogens with zero attached hydrogens (tertiary/aromatic N) is 1. The minimum atomic E-state index is -0.871. The zero-order valence-electron chi connectivity index (χ0n) is 20.2. The van der Waals surface area contributed by atoms with Gasteiger partial charge in [-0.3, -0.25) is 10.1 Å². The van der Waals surface area contributed by atoms with Gasteiger partial charge in [-0.05, 0) is 50.2 Å². The first-order valence-electron chi connectivity index (χ1n) is 11.2. The second-order valence-electron chi connectivity index (χ2n) is 8.46. The number of hydrogen-bond acceptors (Lipinski definition) is 8. The highest BCUT2D eigenvalue weighted by Crippen LogP contribution is 2.27. The van der Waals surface area contributed by atoms with Crippen LogP contribution in [0.4, 0.5) is 4.79 Å². The number of ether oxygens (including phenoxy) is 1. The monoisotopic (exact) mass is 488 g/mol. The number of carbonyl (C=O) groups excluding carboxylic acids is 2. The molecular formula is C25H32N2O6S. The van der Waals surface area contributed by atoms with Gasteiger partial charge in [-0.1, -0.05) is 26.8 Å². The van der Waals surface area contributed by atoms with Crippen LogP contribution in [0.15, 0.2) is 39.3 Å². The third-order valence-corrected chi connectivity index (χ3v) is 6.16. The number of Topliss-reactive ketones (excluding diaryl/α,β-unsaturated/α-hetero) is 1. The fraction of sp³-hybridized carbons (Fsp3) is 0.440. The quantitative estimate of drug-likeness (QED) is 0.320. The molecule has 1 unspecified atom stereocenters. The van der Waals surface area contributed by atoms with E-state index in [4.69, 9.17) is 4.42 Å². The topological polar surface area (TPSA) is 119 Å². The number of thiazole rings is 1. The zero-order chi connectivity index (χ0) is 25.3. The van der Waals surface area contributed by atoms with Gasteiger partial charge in [-0.25, -0.2) is 14.6 Å². The summed E-state index contributed by atoms with van der Waals surface area (Å²) in [6.07, 6.45) is 9.13. The van der Waals surface area contributed by atoms with E-state index in [2.05, 4.69) is 28.9 Å². The standard InChI is InChI=1S/C25H32N2O6S/c1-15(2)9-10-21-27-14-18(34-21)12-17(4)23(29)22-19(28)13-20(33-24(22)30)16(3)8-6-7-11-26-25(31)32-5/h7,11-16,28H,6,8-10H2,1-5H3,(H,26,31)/b11-7+,17-12+. The van der Waals surface area contributed by atoms with Crippen LogP contribution in [-0.2, 0) is 11.2 Å². The van der Waals surface area contributed by atoms with Gasteiger partial charge in [0.2, 0.25) is 0 Å². The molecule has 2 N–H and O–H groups in total. The van der Waals surface area contributed by atoms with Gasteiger partial charge in [0.15, 0.2) is 5.78 Å². The van der Waals surface area contributed by atoms with Crippen molar-refractivity contribution in [2.75, 3.05) is 7.11 Å². The van der Waals surface area contributed by atoms with Crippen molar-refractivity contribution in [1.82, 2.24) is 10.3 Å². The van der Waals surface area contributed by atoms with Crippen molar-refractivity contribution < 1.29 is 23.8 Å². The molecular weight excluding hydrogens is 456 g/mol. The van der Waals surface area contributed by atoms with Crippen LogP contribution in [0.1, 0.15) is 78.9 Å². The molecule has 1 atom stereocenters. The Morgan fingerprint density at radius 1 is 1.29 bits per heavy atom. The molecule has 0 fully saturated rings. The highest BCUT2D eigenvalue weighted by Gasteiger charge is 2.22. The summed E-state index contributed by atoms with van der Waals surface area (Å²) in [6, 6.07) is 1.32. The Kier molecular flexibility index (Phi) is 10.2. The van der Waals surface area contributed by atoms with Crippen molar-refractivity contribution in [3.05, 3.63) is 61.7 Å². The Hall–Kier alpha value is -3.20. The van der Waals surface area contributed by atoms with Crippen LogP contribution in [0.5, 0.6) is 5.75 Å². The average Bonchev–Trinajstić information content (AvgIpc) is 3.23. The first-order valence-corrected chi connectivity index (χ1v) is 12.0. The average molecular weight is 489 g/mol. The van der Waals surface area contributed by atoms with E-state index in [0.717, 1.165) is 22.7 Å². The Balaban J connectivity index is 2.08. The molecule has 0 aliphatic heterocycles. The van der Waals surface area contributed by atoms with Crippen LogP contribution in [0.25, 0.3) is 6.08 Å². The first-order chi connectivity index (χ1) is 16.1. The van der Waals surface area contributed by atoms with Gasteiger partial charge in [-0.15, -0.1) is 11.3 Å². The summed E-state index contributed by atoms with van der Waals surface area (Å²) in [5.41, 5.74) is -0.938. The Bertz CT molecular complexity index is 1110. The Morgan fingerprint density at radius 2 is 2.03 bits per heavy atom. The minimum Gasteiger partial charge on any atom is -0.507 e. The third-order valence-electron chi connectivity index (χ3n) is 5.16. The molecule has 0 aromatic carbocycles. The number of methoxy groups -OCH3 is 1. The predicted molar refractivity (Wildman–Crippen MR) is 132 cm³/mol. The van der Waals surface area contributed by atoms with Crippen LogP contribution in [-0.4, -0.2) is 29.1 Å². The number of allylic oxidation sites excluding steroid dienone is 2. The van der Waals surface area contributed by atoms with Crippen molar-refractivity contribution in [2.24, 2.45) is 5.92 Å². The van der Waals surface area contributed by atoms with Gasteiger partial charge in [0, 0.05) is 29.3 Å². The Labute approximate surface area is 203 Å². The molecule has 0 bridgehead atoms. The lowest BCUT2D eigenvalue weighted by molar-refractivity contribution is 0.102. The normalized spacial score (nSPS) is 12.8. The summed E-state index contributed by atoms with van der Waals surface area (Å²) in [4.78, 5) is 41.6. The van der Waals surface area contributed by atoms with Gasteiger partial charge < -0.3 is 14.3 Å². The van der Waals surface area contributed by atoms with E-state index < -0.39 is 23.3 Å². The van der Waals surface area contributed by atoms with Crippen molar-refractivity contribution in [3.8, 4) is 5.75 Å². The second kappa shape index (κ2) is 12.9. The van der Waals surface area contributed by atoms with E-state index in [1.54, 1.807) is 25.3 Å². The number of rotatable bonds is 11. The molecule has 9 heteroatoms. The molecule has 1 amide bonds. The van der Waals surface area contributed by atoms with E-state index in [-0.39, 0.29) is 17.2 Å². The van der Waals surface area contributed by atoms with Gasteiger partial charge in [0.25, 0.3) is 0 Å². The van der Waals surface area contributed by atoms with Crippen molar-refractivity contribution in [1.29, 1.82) is 0 Å². The Morgan fingerprint density at radius 3 is 2.68 bits per heavy atom. The van der Waals surface area contributed by atoms with E-state index in [0.29, 0.717) is 24.3 Å². The first kappa shape index (κ1) is 27.0. The molecule has 8 nitrogen and oxygen atoms in total. The fourth-order valence-corrected chi connectivity index (χ4v) is 4.04. The summed E-state index contributed by atoms with van der Waals surface area (Å²) in [5.74, 6) is -0.310. The van der Waals surface area contributed by atoms with E-state index in [1.165, 1.54) is 30.7 Å². The number of aromatic hydroxyl groups is 1. The number of hydrogen-bond donors (Lipinski definition) is 2. The van der Waals surface area contributed by atoms with Gasteiger partial charge in [0.1, 0.15) is 17.1 Å². The predicted octanol–water partition coefficient (Wildman–Crippen LogP) is 5.43. The third kappa shape index (κ3) is 7.98. The highest BCUT2D eigenvalue weighted by molar-refractivity contribution is 7.12. The number of aromatic nitrogens is 1. The number of carbonyl (C=O) groups is 2. The molecule has 0 aliphatic rings. The SMILES string of the molecule is COC(=O)N/C=C/CCC(C)c1cc(O)c(C(=O)/C(C)=C/c2cnc(CCC(C)C)s2)c(=O)o1. The summed E-state index contributed by atoms with van der Waals surface area (Å²) in [6.45, 7) is 7.75. The summed E-state index contributed by atoms with van der Waals surface area (Å²) in [5, 5.41) is 13.9. The molecule has 0 aliphatic carbocycles. The fourth-order valence-electron chi connectivity index (χ4n) is 3.10. The largest absolute Gasteiger partial charge is 0.507 e. The van der Waals surface area contributed by atoms with Crippen molar-refractivity contribution in [2.45, 2.75) is 59.3 Å². The molecule has 2 rings (SSSR count). The highest BCUT2D eigenvalue weighted by atomic mass is 32.1. The molecule has 34 heavy (non-hydrogen) atoms. The summed E-state index contributed by atoms with van der Waals surface area (Å²) < 4.78 is 9.82. The minimum absolute atomic E-state index is 0.191. The molecule has 2 aromatic rings. The second-order valence-corrected chi connectivity index (χ2v) is 9.61. The summed E-state index contributed by atoms with van der Waals surface area (Å²) >= 11 is 1.50. The van der Waals surface area contributed by atoms with Crippen LogP contribution in [0, 0.1) is 5.92 Å². The van der Waals surface area contributed by atoms with Crippen LogP contribution in [0.3, 0.4) is 0 Å². The summed E-state index contributed by atoms with van der Waals surface area (Å²) in [7, 11) is 1.27. The number of nitrogens with one attached hydrogen (secondary N) is 1. The van der Waals surface area contributed by atoms with Gasteiger partial charge in [0.05, 0.1) is 12.1 Å². The van der Waals surface area contributed by atoms with Gasteiger partial charge >= 0.3 is 11.7 Å². The van der Waals surface area contributed by atoms with Crippen LogP contribution < -0.4 is 10.9 Å². The molecule has 0 saturated carbocycles. The van der Waals surface area contributed by atoms with Crippen molar-refractivity contribution >= 4 is 29.3 Å². The van der Waals surface area contributed by atoms with Crippen LogP contribution >= 0.6 is 11.3 Å². The lowest BCUT2D eigenvalue weighted by Crippen LogP contribution is -2.16. The van der Waals surface area contributed by atoms with E-state index >= 15 is 0 Å². The maximum absolute atomic E-state index is 12.9. The lowest BCUT2D eigenvalue weighted by Gasteiger charge is -2.11. The maximum Gasteiger partial charge on any atom is 0.410 e. The number of alkyl carbamates (subject to hydrolysis) is 1. The van der Waals surface area contributed by atoms with E-state index in [9.17, 15) is 19.5 Å².